The largest absolute Gasteiger partial charge is 0.573 e. The minimum absolute atomic E-state index is 0.208. The summed E-state index contributed by atoms with van der Waals surface area (Å²) in [6.07, 6.45) is -11.1. The molecule has 21 heavy (non-hydrogen) atoms. The van der Waals surface area contributed by atoms with Crippen molar-refractivity contribution >= 4 is 0 Å². The number of halogens is 8. The van der Waals surface area contributed by atoms with Crippen LogP contribution >= 0.6 is 0 Å². The fourth-order valence-electron chi connectivity index (χ4n) is 1.44. The smallest absolute Gasteiger partial charge is 0.406 e. The third-order valence-corrected chi connectivity index (χ3v) is 2.62. The molecule has 0 aliphatic heterocycles. The number of aliphatic hydroxyl groups is 1. The Bertz CT molecular complexity index is 486. The molecule has 0 aliphatic rings. The second-order valence-corrected chi connectivity index (χ2v) is 4.22. The molecule has 1 aromatic carbocycles. The highest BCUT2D eigenvalue weighted by atomic mass is 19.4. The van der Waals surface area contributed by atoms with Crippen molar-refractivity contribution < 1.29 is 45.0 Å². The van der Waals surface area contributed by atoms with E-state index in [2.05, 4.69) is 4.74 Å². The van der Waals surface area contributed by atoms with Crippen molar-refractivity contribution in [2.24, 2.45) is 0 Å². The SMILES string of the molecule is CC(O)(c1ccc(OC(F)(F)F)cc1)C(F)(F)C(F)(F)F. The van der Waals surface area contributed by atoms with E-state index in [1.54, 1.807) is 0 Å². The second kappa shape index (κ2) is 5.00. The van der Waals surface area contributed by atoms with Crippen molar-refractivity contribution in [3.05, 3.63) is 29.8 Å². The predicted molar refractivity (Wildman–Crippen MR) is 53.7 cm³/mol. The average Bonchev–Trinajstić information content (AvgIpc) is 2.25. The Morgan fingerprint density at radius 1 is 0.857 bits per heavy atom. The van der Waals surface area contributed by atoms with E-state index < -0.39 is 35.4 Å². The van der Waals surface area contributed by atoms with E-state index in [4.69, 9.17) is 0 Å². The molecule has 120 valence electrons. The van der Waals surface area contributed by atoms with Crippen LogP contribution in [0.15, 0.2) is 24.3 Å². The van der Waals surface area contributed by atoms with E-state index in [9.17, 15) is 40.2 Å². The molecule has 0 fully saturated rings. The van der Waals surface area contributed by atoms with Crippen LogP contribution in [0.25, 0.3) is 0 Å². The van der Waals surface area contributed by atoms with E-state index in [-0.39, 0.29) is 6.92 Å². The lowest BCUT2D eigenvalue weighted by molar-refractivity contribution is -0.342. The van der Waals surface area contributed by atoms with Gasteiger partial charge in [0.2, 0.25) is 0 Å². The zero-order valence-electron chi connectivity index (χ0n) is 10.2. The van der Waals surface area contributed by atoms with Gasteiger partial charge in [-0.15, -0.1) is 13.2 Å². The molecule has 0 bridgehead atoms. The van der Waals surface area contributed by atoms with Crippen molar-refractivity contribution in [1.29, 1.82) is 0 Å². The molecular weight excluding hydrogens is 316 g/mol. The van der Waals surface area contributed by atoms with Crippen molar-refractivity contribution in [3.8, 4) is 5.75 Å². The van der Waals surface area contributed by atoms with Crippen LogP contribution in [0.3, 0.4) is 0 Å². The average molecular weight is 324 g/mol. The van der Waals surface area contributed by atoms with Crippen molar-refractivity contribution in [2.75, 3.05) is 0 Å². The summed E-state index contributed by atoms with van der Waals surface area (Å²) in [6.45, 7) is 0.208. The van der Waals surface area contributed by atoms with Crippen LogP contribution in [0.5, 0.6) is 5.75 Å². The summed E-state index contributed by atoms with van der Waals surface area (Å²) in [5, 5.41) is 9.44. The first-order chi connectivity index (χ1) is 9.18. The third-order valence-electron chi connectivity index (χ3n) is 2.62. The minimum Gasteiger partial charge on any atom is -0.406 e. The van der Waals surface area contributed by atoms with Crippen molar-refractivity contribution in [2.45, 2.75) is 31.0 Å². The van der Waals surface area contributed by atoms with Gasteiger partial charge in [0.1, 0.15) is 5.75 Å². The van der Waals surface area contributed by atoms with Gasteiger partial charge in [-0.25, -0.2) is 0 Å². The molecule has 0 aromatic heterocycles. The maximum Gasteiger partial charge on any atom is 0.573 e. The number of ether oxygens (including phenoxy) is 1. The van der Waals surface area contributed by atoms with Gasteiger partial charge in [-0.05, 0) is 24.6 Å². The van der Waals surface area contributed by atoms with Crippen LogP contribution in [-0.2, 0) is 5.60 Å². The number of alkyl halides is 8. The lowest BCUT2D eigenvalue weighted by Gasteiger charge is -2.34. The first kappa shape index (κ1) is 17.5. The Labute approximate surface area is 112 Å². The molecule has 2 nitrogen and oxygen atoms in total. The van der Waals surface area contributed by atoms with Gasteiger partial charge in [-0.1, -0.05) is 12.1 Å². The van der Waals surface area contributed by atoms with Gasteiger partial charge in [0, 0.05) is 0 Å². The molecule has 0 heterocycles. The van der Waals surface area contributed by atoms with Gasteiger partial charge >= 0.3 is 18.5 Å². The topological polar surface area (TPSA) is 29.5 Å². The molecule has 1 aromatic rings. The molecular formula is C11H8F8O2. The molecule has 0 saturated carbocycles. The fraction of sp³-hybridized carbons (Fsp3) is 0.455. The highest BCUT2D eigenvalue weighted by Crippen LogP contribution is 2.48. The first-order valence-corrected chi connectivity index (χ1v) is 5.22. The standard InChI is InChI=1S/C11H8F8O2/c1-8(20,9(12,13)10(14,15)16)6-2-4-7(5-3-6)21-11(17,18)19/h2-5,20H,1H3. The fourth-order valence-corrected chi connectivity index (χ4v) is 1.44. The molecule has 1 rings (SSSR count). The molecule has 0 spiro atoms. The minimum atomic E-state index is -6.03. The van der Waals surface area contributed by atoms with E-state index in [0.29, 0.717) is 24.3 Å². The van der Waals surface area contributed by atoms with E-state index >= 15 is 0 Å². The van der Waals surface area contributed by atoms with E-state index in [1.807, 2.05) is 0 Å². The molecule has 10 heteroatoms. The first-order valence-electron chi connectivity index (χ1n) is 5.22. The molecule has 1 N–H and O–H groups in total. The summed E-state index contributed by atoms with van der Waals surface area (Å²) < 4.78 is 102. The van der Waals surface area contributed by atoms with Crippen molar-refractivity contribution in [1.82, 2.24) is 0 Å². The summed E-state index contributed by atoms with van der Waals surface area (Å²) >= 11 is 0. The summed E-state index contributed by atoms with van der Waals surface area (Å²) in [6, 6.07) is 2.01. The molecule has 1 unspecified atom stereocenters. The zero-order valence-corrected chi connectivity index (χ0v) is 10.2. The summed E-state index contributed by atoms with van der Waals surface area (Å²) in [4.78, 5) is 0. The Hall–Kier alpha value is -1.58. The molecule has 0 saturated heterocycles. The van der Waals surface area contributed by atoms with Crippen molar-refractivity contribution in [3.63, 3.8) is 0 Å². The molecule has 0 radical (unpaired) electrons. The summed E-state index contributed by atoms with van der Waals surface area (Å²) in [5.74, 6) is -6.32. The van der Waals surface area contributed by atoms with Gasteiger partial charge < -0.3 is 9.84 Å². The quantitative estimate of drug-likeness (QED) is 0.852. The maximum atomic E-state index is 13.2. The predicted octanol–water partition coefficient (Wildman–Crippen LogP) is 3.99. The van der Waals surface area contributed by atoms with Crippen LogP contribution in [0.4, 0.5) is 35.1 Å². The Morgan fingerprint density at radius 3 is 1.62 bits per heavy atom. The second-order valence-electron chi connectivity index (χ2n) is 4.22. The molecule has 1 atom stereocenters. The van der Waals surface area contributed by atoms with E-state index in [1.165, 1.54) is 0 Å². The highest BCUT2D eigenvalue weighted by Gasteiger charge is 2.68. The van der Waals surface area contributed by atoms with Crippen LogP contribution in [0.2, 0.25) is 0 Å². The van der Waals surface area contributed by atoms with Crippen LogP contribution in [-0.4, -0.2) is 23.6 Å². The van der Waals surface area contributed by atoms with Gasteiger partial charge in [0.15, 0.2) is 5.60 Å². The number of rotatable bonds is 3. The van der Waals surface area contributed by atoms with Gasteiger partial charge in [0.25, 0.3) is 0 Å². The zero-order chi connectivity index (χ0) is 16.7. The van der Waals surface area contributed by atoms with E-state index in [0.717, 1.165) is 0 Å². The van der Waals surface area contributed by atoms with Gasteiger partial charge in [-0.3, -0.25) is 0 Å². The summed E-state index contributed by atoms with van der Waals surface area (Å²) in [5.41, 5.74) is -4.57. The number of hydrogen-bond donors (Lipinski definition) is 1. The third kappa shape index (κ3) is 3.55. The van der Waals surface area contributed by atoms with Gasteiger partial charge in [-0.2, -0.15) is 22.0 Å². The lowest BCUT2D eigenvalue weighted by Crippen LogP contribution is -2.53. The van der Waals surface area contributed by atoms with Crippen LogP contribution in [0, 0.1) is 0 Å². The number of hydrogen-bond acceptors (Lipinski definition) is 2. The maximum absolute atomic E-state index is 13.2. The number of benzene rings is 1. The molecule has 0 amide bonds. The van der Waals surface area contributed by atoms with Crippen LogP contribution < -0.4 is 4.74 Å². The highest BCUT2D eigenvalue weighted by molar-refractivity contribution is 5.32. The van der Waals surface area contributed by atoms with Crippen LogP contribution in [0.1, 0.15) is 12.5 Å². The summed E-state index contributed by atoms with van der Waals surface area (Å²) in [7, 11) is 0. The molecule has 0 aliphatic carbocycles. The lowest BCUT2D eigenvalue weighted by atomic mass is 9.89. The normalized spacial score (nSPS) is 16.5. The Balaban J connectivity index is 3.11. The Kier molecular flexibility index (Phi) is 4.16. The monoisotopic (exact) mass is 324 g/mol. The Morgan fingerprint density at radius 2 is 1.29 bits per heavy atom. The van der Waals surface area contributed by atoms with Gasteiger partial charge in [0.05, 0.1) is 0 Å².